The van der Waals surface area contributed by atoms with E-state index in [-0.39, 0.29) is 11.4 Å². The summed E-state index contributed by atoms with van der Waals surface area (Å²) in [5.74, 6) is 2.17. The lowest BCUT2D eigenvalue weighted by Gasteiger charge is -2.16. The predicted octanol–water partition coefficient (Wildman–Crippen LogP) is 4.44. The smallest absolute Gasteiger partial charge is 0.311 e. The molecule has 0 radical (unpaired) electrons. The molecule has 0 amide bonds. The van der Waals surface area contributed by atoms with Crippen molar-refractivity contribution in [3.8, 4) is 23.0 Å². The Morgan fingerprint density at radius 2 is 1.80 bits per heavy atom. The van der Waals surface area contributed by atoms with Crippen molar-refractivity contribution in [2.75, 3.05) is 19.5 Å². The molecule has 5 rings (SSSR count). The summed E-state index contributed by atoms with van der Waals surface area (Å²) >= 11 is 0. The van der Waals surface area contributed by atoms with Gasteiger partial charge >= 0.3 is 5.69 Å². The van der Waals surface area contributed by atoms with Crippen molar-refractivity contribution in [1.29, 1.82) is 0 Å². The van der Waals surface area contributed by atoms with Gasteiger partial charge in [-0.05, 0) is 24.6 Å². The van der Waals surface area contributed by atoms with E-state index in [0.717, 1.165) is 5.56 Å². The summed E-state index contributed by atoms with van der Waals surface area (Å²) in [4.78, 5) is 23.7. The summed E-state index contributed by atoms with van der Waals surface area (Å²) in [6, 6.07) is 10.0. The number of aromatic nitrogens is 5. The van der Waals surface area contributed by atoms with E-state index >= 15 is 0 Å². The van der Waals surface area contributed by atoms with Gasteiger partial charge in [0.1, 0.15) is 35.7 Å². The standard InChI is InChI=1S/C23H19N7O5/c1-13-6-17(20(33-2)10-19(13)35-14-4-5-29-22(7-14)25-12-27-29)28-23-15-8-18(30(31)32)21(34-3)9-16(15)24-11-26-23/h4-12H,1-3H3,(H,24,26,28). The zero-order chi connectivity index (χ0) is 24.5. The number of nitro groups is 1. The maximum atomic E-state index is 11.5. The molecule has 2 aromatic carbocycles. The molecule has 0 aliphatic heterocycles. The Bertz CT molecular complexity index is 1580. The van der Waals surface area contributed by atoms with Gasteiger partial charge in [-0.3, -0.25) is 10.1 Å². The Morgan fingerprint density at radius 1 is 0.971 bits per heavy atom. The van der Waals surface area contributed by atoms with Gasteiger partial charge in [-0.2, -0.15) is 5.10 Å². The first-order valence-corrected chi connectivity index (χ1v) is 10.4. The van der Waals surface area contributed by atoms with Crippen LogP contribution in [0.4, 0.5) is 17.2 Å². The van der Waals surface area contributed by atoms with Crippen LogP contribution in [0.3, 0.4) is 0 Å². The Kier molecular flexibility index (Phi) is 5.45. The molecule has 0 saturated heterocycles. The Labute approximate surface area is 198 Å². The lowest BCUT2D eigenvalue weighted by atomic mass is 10.1. The molecular weight excluding hydrogens is 454 g/mol. The highest BCUT2D eigenvalue weighted by Crippen LogP contribution is 2.39. The molecule has 0 atom stereocenters. The second kappa shape index (κ2) is 8.74. The summed E-state index contributed by atoms with van der Waals surface area (Å²) in [6.45, 7) is 1.89. The van der Waals surface area contributed by atoms with Crippen molar-refractivity contribution in [1.82, 2.24) is 24.6 Å². The molecule has 0 unspecified atom stereocenters. The fourth-order valence-electron chi connectivity index (χ4n) is 3.64. The minimum atomic E-state index is -0.511. The molecule has 3 heterocycles. The van der Waals surface area contributed by atoms with Crippen molar-refractivity contribution in [2.24, 2.45) is 0 Å². The van der Waals surface area contributed by atoms with Crippen LogP contribution in [0, 0.1) is 17.0 Å². The van der Waals surface area contributed by atoms with Crippen LogP contribution >= 0.6 is 0 Å². The number of ether oxygens (including phenoxy) is 3. The summed E-state index contributed by atoms with van der Waals surface area (Å²) in [6.07, 6.45) is 4.59. The molecule has 12 heteroatoms. The van der Waals surface area contributed by atoms with Crippen molar-refractivity contribution >= 4 is 33.7 Å². The van der Waals surface area contributed by atoms with Gasteiger partial charge in [-0.25, -0.2) is 19.5 Å². The van der Waals surface area contributed by atoms with E-state index in [1.807, 2.05) is 13.0 Å². The minimum absolute atomic E-state index is 0.117. The van der Waals surface area contributed by atoms with Crippen LogP contribution in [0.15, 0.2) is 55.2 Å². The number of benzene rings is 2. The average molecular weight is 473 g/mol. The van der Waals surface area contributed by atoms with Gasteiger partial charge < -0.3 is 19.5 Å². The molecule has 1 N–H and O–H groups in total. The highest BCUT2D eigenvalue weighted by Gasteiger charge is 2.19. The topological polar surface area (TPSA) is 139 Å². The number of nitrogens with zero attached hydrogens (tertiary/aromatic N) is 6. The predicted molar refractivity (Wildman–Crippen MR) is 127 cm³/mol. The van der Waals surface area contributed by atoms with Crippen LogP contribution in [0.25, 0.3) is 16.6 Å². The summed E-state index contributed by atoms with van der Waals surface area (Å²) in [5.41, 5.74) is 2.38. The second-order valence-electron chi connectivity index (χ2n) is 7.49. The quantitative estimate of drug-likeness (QED) is 0.266. The van der Waals surface area contributed by atoms with Crippen molar-refractivity contribution in [3.05, 3.63) is 70.9 Å². The number of anilines is 2. The van der Waals surface area contributed by atoms with Crippen molar-refractivity contribution < 1.29 is 19.1 Å². The number of fused-ring (bicyclic) bond motifs is 2. The molecule has 35 heavy (non-hydrogen) atoms. The molecule has 0 saturated carbocycles. The van der Waals surface area contributed by atoms with Gasteiger partial charge in [0.15, 0.2) is 11.4 Å². The number of nitrogens with one attached hydrogen (secondary N) is 1. The van der Waals surface area contributed by atoms with E-state index in [0.29, 0.717) is 45.3 Å². The summed E-state index contributed by atoms with van der Waals surface area (Å²) in [5, 5.41) is 19.2. The van der Waals surface area contributed by atoms with Crippen LogP contribution in [-0.2, 0) is 0 Å². The number of hydrogen-bond donors (Lipinski definition) is 1. The lowest BCUT2D eigenvalue weighted by molar-refractivity contribution is -0.385. The third-order valence-corrected chi connectivity index (χ3v) is 5.36. The molecule has 3 aromatic heterocycles. The van der Waals surface area contributed by atoms with E-state index < -0.39 is 4.92 Å². The third-order valence-electron chi connectivity index (χ3n) is 5.36. The molecule has 0 bridgehead atoms. The van der Waals surface area contributed by atoms with Crippen LogP contribution in [0.5, 0.6) is 23.0 Å². The minimum Gasteiger partial charge on any atom is -0.494 e. The Balaban J connectivity index is 1.51. The van der Waals surface area contributed by atoms with Gasteiger partial charge in [-0.1, -0.05) is 0 Å². The van der Waals surface area contributed by atoms with E-state index in [1.165, 1.54) is 39.0 Å². The maximum Gasteiger partial charge on any atom is 0.311 e. The normalized spacial score (nSPS) is 10.9. The molecule has 176 valence electrons. The molecular formula is C23H19N7O5. The lowest BCUT2D eigenvalue weighted by Crippen LogP contribution is -2.01. The number of pyridine rings is 1. The maximum absolute atomic E-state index is 11.5. The molecule has 12 nitrogen and oxygen atoms in total. The van der Waals surface area contributed by atoms with Gasteiger partial charge in [0.05, 0.1) is 35.7 Å². The fourth-order valence-corrected chi connectivity index (χ4v) is 3.64. The van der Waals surface area contributed by atoms with Crippen LogP contribution in [-0.4, -0.2) is 43.7 Å². The van der Waals surface area contributed by atoms with E-state index in [4.69, 9.17) is 14.2 Å². The molecule has 0 fully saturated rings. The number of rotatable bonds is 7. The monoisotopic (exact) mass is 473 g/mol. The zero-order valence-corrected chi connectivity index (χ0v) is 18.9. The molecule has 0 aliphatic carbocycles. The number of hydrogen-bond acceptors (Lipinski definition) is 10. The van der Waals surface area contributed by atoms with Gasteiger partial charge in [0.2, 0.25) is 0 Å². The van der Waals surface area contributed by atoms with Gasteiger partial charge in [0, 0.05) is 30.5 Å². The van der Waals surface area contributed by atoms with Gasteiger partial charge in [0.25, 0.3) is 0 Å². The number of nitro benzene ring substituents is 1. The molecule has 0 aliphatic rings. The fraction of sp³-hybridized carbons (Fsp3) is 0.130. The molecule has 0 spiro atoms. The first-order chi connectivity index (χ1) is 17.0. The first kappa shape index (κ1) is 21.8. The SMILES string of the molecule is COc1cc(Oc2ccn3ncnc3c2)c(C)cc1Nc1ncnc2cc(OC)c([N+](=O)[O-])cc12. The first-order valence-electron chi connectivity index (χ1n) is 10.4. The van der Waals surface area contributed by atoms with Crippen molar-refractivity contribution in [3.63, 3.8) is 0 Å². The van der Waals surface area contributed by atoms with Crippen LogP contribution in [0.1, 0.15) is 5.56 Å². The summed E-state index contributed by atoms with van der Waals surface area (Å²) in [7, 11) is 2.91. The average Bonchev–Trinajstić information content (AvgIpc) is 3.33. The van der Waals surface area contributed by atoms with Crippen LogP contribution < -0.4 is 19.5 Å². The molecule has 5 aromatic rings. The van der Waals surface area contributed by atoms with Crippen molar-refractivity contribution in [2.45, 2.75) is 6.92 Å². The van der Waals surface area contributed by atoms with E-state index in [2.05, 4.69) is 25.4 Å². The highest BCUT2D eigenvalue weighted by atomic mass is 16.6. The van der Waals surface area contributed by atoms with Gasteiger partial charge in [-0.15, -0.1) is 0 Å². The Hall–Kier alpha value is -5.00. The summed E-state index contributed by atoms with van der Waals surface area (Å²) < 4.78 is 18.4. The van der Waals surface area contributed by atoms with E-state index in [9.17, 15) is 10.1 Å². The Morgan fingerprint density at radius 3 is 2.57 bits per heavy atom. The number of methoxy groups -OCH3 is 2. The third kappa shape index (κ3) is 4.08. The largest absolute Gasteiger partial charge is 0.494 e. The van der Waals surface area contributed by atoms with E-state index in [1.54, 1.807) is 28.9 Å². The van der Waals surface area contributed by atoms with Crippen LogP contribution in [0.2, 0.25) is 0 Å². The number of aryl methyl sites for hydroxylation is 1. The zero-order valence-electron chi connectivity index (χ0n) is 18.9. The highest BCUT2D eigenvalue weighted by molar-refractivity contribution is 5.94. The second-order valence-corrected chi connectivity index (χ2v) is 7.49.